The van der Waals surface area contributed by atoms with Crippen molar-refractivity contribution in [2.45, 2.75) is 27.4 Å². The number of anilines is 1. The molecule has 0 aliphatic rings. The number of benzene rings is 1. The first-order valence-electron chi connectivity index (χ1n) is 7.77. The molecule has 1 aromatic carbocycles. The van der Waals surface area contributed by atoms with Crippen molar-refractivity contribution in [3.63, 3.8) is 0 Å². The molecule has 0 aliphatic heterocycles. The Morgan fingerprint density at radius 3 is 2.60 bits per heavy atom. The van der Waals surface area contributed by atoms with Crippen LogP contribution in [-0.4, -0.2) is 21.0 Å². The van der Waals surface area contributed by atoms with Gasteiger partial charge in [-0.2, -0.15) is 4.98 Å². The molecule has 0 aliphatic carbocycles. The molecule has 7 heteroatoms. The zero-order chi connectivity index (χ0) is 17.8. The number of pyridine rings is 1. The third kappa shape index (κ3) is 4.00. The molecule has 1 N–H and O–H groups in total. The Balaban J connectivity index is 1.74. The maximum Gasteiger partial charge on any atom is 0.328 e. The molecule has 128 valence electrons. The molecular weight excluding hydrogens is 320 g/mol. The van der Waals surface area contributed by atoms with Crippen molar-refractivity contribution in [2.75, 3.05) is 5.32 Å². The summed E-state index contributed by atoms with van der Waals surface area (Å²) in [7, 11) is 0. The molecule has 3 rings (SSSR count). The molecule has 2 heterocycles. The first-order chi connectivity index (χ1) is 12.0. The summed E-state index contributed by atoms with van der Waals surface area (Å²) in [5.74, 6) is 0.907. The van der Waals surface area contributed by atoms with Crippen LogP contribution >= 0.6 is 0 Å². The number of hydrogen-bond acceptors (Lipinski definition) is 6. The van der Waals surface area contributed by atoms with E-state index in [4.69, 9.17) is 9.26 Å². The molecular formula is C18H18N4O3. The number of aryl methyl sites for hydroxylation is 3. The van der Waals surface area contributed by atoms with Gasteiger partial charge < -0.3 is 9.26 Å². The zero-order valence-electron chi connectivity index (χ0n) is 14.2. The van der Waals surface area contributed by atoms with Crippen LogP contribution in [0.5, 0.6) is 5.75 Å². The van der Waals surface area contributed by atoms with Crippen LogP contribution in [0.3, 0.4) is 0 Å². The second-order valence-electron chi connectivity index (χ2n) is 5.69. The fourth-order valence-electron chi connectivity index (χ4n) is 2.47. The smallest absolute Gasteiger partial charge is 0.328 e. The van der Waals surface area contributed by atoms with E-state index in [1.54, 1.807) is 31.5 Å². The van der Waals surface area contributed by atoms with E-state index in [1.165, 1.54) is 0 Å². The van der Waals surface area contributed by atoms with Crippen molar-refractivity contribution in [1.29, 1.82) is 0 Å². The number of ether oxygens (including phenoxy) is 1. The molecule has 0 bridgehead atoms. The minimum atomic E-state index is -0.311. The molecule has 7 nitrogen and oxygen atoms in total. The van der Waals surface area contributed by atoms with E-state index in [0.717, 1.165) is 22.4 Å². The molecule has 0 fully saturated rings. The first kappa shape index (κ1) is 16.6. The maximum absolute atomic E-state index is 12.3. The monoisotopic (exact) mass is 338 g/mol. The topological polar surface area (TPSA) is 90.1 Å². The molecule has 25 heavy (non-hydrogen) atoms. The lowest BCUT2D eigenvalue weighted by atomic mass is 10.1. The van der Waals surface area contributed by atoms with Crippen molar-refractivity contribution in [3.8, 4) is 5.75 Å². The molecule has 1 amide bonds. The van der Waals surface area contributed by atoms with Gasteiger partial charge in [0.25, 0.3) is 5.91 Å². The van der Waals surface area contributed by atoms with Gasteiger partial charge in [-0.1, -0.05) is 11.2 Å². The van der Waals surface area contributed by atoms with Gasteiger partial charge in [-0.15, -0.1) is 0 Å². The highest BCUT2D eigenvalue weighted by molar-refractivity contribution is 6.03. The lowest BCUT2D eigenvalue weighted by molar-refractivity contribution is 0.102. The maximum atomic E-state index is 12.3. The molecule has 0 saturated carbocycles. The van der Waals surface area contributed by atoms with Crippen molar-refractivity contribution >= 4 is 11.9 Å². The number of hydrogen-bond donors (Lipinski definition) is 1. The summed E-state index contributed by atoms with van der Waals surface area (Å²) in [4.78, 5) is 20.4. The average Bonchev–Trinajstić information content (AvgIpc) is 2.99. The first-order valence-corrected chi connectivity index (χ1v) is 7.77. The summed E-state index contributed by atoms with van der Waals surface area (Å²) in [6.07, 6.45) is 3.48. The average molecular weight is 338 g/mol. The molecule has 0 atom stereocenters. The van der Waals surface area contributed by atoms with E-state index in [9.17, 15) is 4.79 Å². The van der Waals surface area contributed by atoms with Gasteiger partial charge in [0.2, 0.25) is 0 Å². The van der Waals surface area contributed by atoms with Crippen LogP contribution in [0.4, 0.5) is 6.01 Å². The highest BCUT2D eigenvalue weighted by atomic mass is 16.5. The van der Waals surface area contributed by atoms with E-state index in [0.29, 0.717) is 18.0 Å². The number of rotatable bonds is 5. The van der Waals surface area contributed by atoms with Gasteiger partial charge in [-0.3, -0.25) is 15.1 Å². The van der Waals surface area contributed by atoms with Gasteiger partial charge in [0.15, 0.2) is 5.82 Å². The number of nitrogens with zero attached hydrogens (tertiary/aromatic N) is 3. The van der Waals surface area contributed by atoms with Crippen LogP contribution in [0, 0.1) is 20.8 Å². The van der Waals surface area contributed by atoms with E-state index in [2.05, 4.69) is 20.4 Å². The summed E-state index contributed by atoms with van der Waals surface area (Å²) in [5.41, 5.74) is 3.22. The number of nitrogens with one attached hydrogen (secondary N) is 1. The van der Waals surface area contributed by atoms with Crippen LogP contribution in [0.1, 0.15) is 32.9 Å². The van der Waals surface area contributed by atoms with Crippen molar-refractivity contribution < 1.29 is 14.1 Å². The highest BCUT2D eigenvalue weighted by Gasteiger charge is 2.14. The number of carbonyl (C=O) groups is 1. The van der Waals surface area contributed by atoms with Gasteiger partial charge in [-0.25, -0.2) is 0 Å². The Morgan fingerprint density at radius 2 is 2.00 bits per heavy atom. The Morgan fingerprint density at radius 1 is 1.24 bits per heavy atom. The highest BCUT2D eigenvalue weighted by Crippen LogP contribution is 2.26. The van der Waals surface area contributed by atoms with Gasteiger partial charge in [0, 0.05) is 23.5 Å². The van der Waals surface area contributed by atoms with Crippen LogP contribution in [0.25, 0.3) is 0 Å². The van der Waals surface area contributed by atoms with Gasteiger partial charge in [0.05, 0.1) is 0 Å². The van der Waals surface area contributed by atoms with E-state index < -0.39 is 0 Å². The molecule has 0 unspecified atom stereocenters. The molecule has 0 spiro atoms. The van der Waals surface area contributed by atoms with Crippen LogP contribution in [0.15, 0.2) is 41.2 Å². The summed E-state index contributed by atoms with van der Waals surface area (Å²) in [5, 5.41) is 6.22. The Kier molecular flexibility index (Phi) is 4.74. The molecule has 3 aromatic rings. The predicted octanol–water partition coefficient (Wildman–Crippen LogP) is 3.22. The van der Waals surface area contributed by atoms with Gasteiger partial charge in [0.1, 0.15) is 12.4 Å². The summed E-state index contributed by atoms with van der Waals surface area (Å²) < 4.78 is 10.8. The standard InChI is InChI=1S/C18H18N4O3/c1-11-7-15(17(23)21-18-20-13(3)22-25-18)8-12(2)16(11)24-10-14-5-4-6-19-9-14/h4-9H,10H2,1-3H3,(H,20,21,22,23). The van der Waals surface area contributed by atoms with E-state index in [1.807, 2.05) is 26.0 Å². The lowest BCUT2D eigenvalue weighted by Gasteiger charge is -2.13. The molecule has 0 radical (unpaired) electrons. The SMILES string of the molecule is Cc1noc(NC(=O)c2cc(C)c(OCc3cccnc3)c(C)c2)n1. The van der Waals surface area contributed by atoms with E-state index in [-0.39, 0.29) is 11.9 Å². The predicted molar refractivity (Wildman–Crippen MR) is 91.5 cm³/mol. The van der Waals surface area contributed by atoms with Crippen LogP contribution in [0.2, 0.25) is 0 Å². The second-order valence-corrected chi connectivity index (χ2v) is 5.69. The molecule has 0 saturated heterocycles. The van der Waals surface area contributed by atoms with Gasteiger partial charge in [-0.05, 0) is 50.1 Å². The Bertz CT molecular complexity index is 867. The largest absolute Gasteiger partial charge is 0.488 e. The molecule has 2 aromatic heterocycles. The minimum Gasteiger partial charge on any atom is -0.488 e. The second kappa shape index (κ2) is 7.12. The summed E-state index contributed by atoms with van der Waals surface area (Å²) >= 11 is 0. The van der Waals surface area contributed by atoms with Crippen molar-refractivity contribution in [1.82, 2.24) is 15.1 Å². The minimum absolute atomic E-state index is 0.0784. The quantitative estimate of drug-likeness (QED) is 0.768. The van der Waals surface area contributed by atoms with E-state index >= 15 is 0 Å². The Hall–Kier alpha value is -3.22. The fourth-order valence-corrected chi connectivity index (χ4v) is 2.47. The zero-order valence-corrected chi connectivity index (χ0v) is 14.2. The van der Waals surface area contributed by atoms with Gasteiger partial charge >= 0.3 is 6.01 Å². The fraction of sp³-hybridized carbons (Fsp3) is 0.222. The Labute approximate surface area is 145 Å². The van der Waals surface area contributed by atoms with Crippen molar-refractivity contribution in [3.05, 3.63) is 64.7 Å². The number of carbonyl (C=O) groups excluding carboxylic acids is 1. The van der Waals surface area contributed by atoms with Crippen LogP contribution < -0.4 is 10.1 Å². The van der Waals surface area contributed by atoms with Crippen LogP contribution in [-0.2, 0) is 6.61 Å². The van der Waals surface area contributed by atoms with Crippen molar-refractivity contribution in [2.24, 2.45) is 0 Å². The number of amides is 1. The third-order valence-electron chi connectivity index (χ3n) is 3.58. The summed E-state index contributed by atoms with van der Waals surface area (Å²) in [6.45, 7) is 5.91. The normalized spacial score (nSPS) is 10.5. The third-order valence-corrected chi connectivity index (χ3v) is 3.58. The summed E-state index contributed by atoms with van der Waals surface area (Å²) in [6, 6.07) is 7.43. The lowest BCUT2D eigenvalue weighted by Crippen LogP contribution is -2.13. The number of aromatic nitrogens is 3.